The number of nitrogens with zero attached hydrogens (tertiary/aromatic N) is 2. The predicted octanol–water partition coefficient (Wildman–Crippen LogP) is 3.34. The molecule has 1 fully saturated rings. The number of benzene rings is 1. The smallest absolute Gasteiger partial charge is 0.237 e. The highest BCUT2D eigenvalue weighted by Crippen LogP contribution is 2.30. The summed E-state index contributed by atoms with van der Waals surface area (Å²) in [5.41, 5.74) is 0. The summed E-state index contributed by atoms with van der Waals surface area (Å²) in [6.07, 6.45) is 2.27. The summed E-state index contributed by atoms with van der Waals surface area (Å²) in [4.78, 5) is 16.7. The molecule has 0 radical (unpaired) electrons. The van der Waals surface area contributed by atoms with Crippen molar-refractivity contribution in [3.63, 3.8) is 0 Å². The molecule has 20 heavy (non-hydrogen) atoms. The second kappa shape index (κ2) is 5.75. The molecule has 0 bridgehead atoms. The molecule has 1 heterocycles. The molecular weight excluding hydrogens is 279 g/mol. The first-order valence-electron chi connectivity index (χ1n) is 6.46. The number of halogens is 1. The first-order valence-corrected chi connectivity index (χ1v) is 7.44. The summed E-state index contributed by atoms with van der Waals surface area (Å²) >= 11 is 1.43. The number of thioether (sulfide) groups is 1. The Labute approximate surface area is 119 Å². The fraction of sp³-hybridized carbons (Fsp3) is 0.357. The molecule has 4 nitrogen and oxygen atoms in total. The first kappa shape index (κ1) is 13.3. The van der Waals surface area contributed by atoms with Gasteiger partial charge in [0.1, 0.15) is 11.6 Å². The lowest BCUT2D eigenvalue weighted by Gasteiger charge is -1.99. The average molecular weight is 292 g/mol. The van der Waals surface area contributed by atoms with Crippen LogP contribution in [0, 0.1) is 5.82 Å². The van der Waals surface area contributed by atoms with Gasteiger partial charge in [0.2, 0.25) is 5.89 Å². The fourth-order valence-electron chi connectivity index (χ4n) is 2.25. The van der Waals surface area contributed by atoms with E-state index < -0.39 is 0 Å². The quantitative estimate of drug-likeness (QED) is 0.809. The van der Waals surface area contributed by atoms with E-state index in [1.54, 1.807) is 6.07 Å². The van der Waals surface area contributed by atoms with Gasteiger partial charge in [-0.15, -0.1) is 11.8 Å². The maximum atomic E-state index is 13.0. The lowest BCUT2D eigenvalue weighted by atomic mass is 10.1. The molecule has 0 N–H and O–H groups in total. The Morgan fingerprint density at radius 1 is 1.45 bits per heavy atom. The molecule has 1 aromatic carbocycles. The molecule has 2 aromatic rings. The predicted molar refractivity (Wildman–Crippen MR) is 71.9 cm³/mol. The molecule has 1 aromatic heterocycles. The first-order chi connectivity index (χ1) is 9.72. The van der Waals surface area contributed by atoms with Crippen LogP contribution in [0.25, 0.3) is 0 Å². The van der Waals surface area contributed by atoms with Gasteiger partial charge in [0.15, 0.2) is 5.82 Å². The van der Waals surface area contributed by atoms with Crippen molar-refractivity contribution in [1.29, 1.82) is 0 Å². The van der Waals surface area contributed by atoms with Gasteiger partial charge in [-0.05, 0) is 31.0 Å². The van der Waals surface area contributed by atoms with E-state index in [0.717, 1.165) is 17.7 Å². The van der Waals surface area contributed by atoms with Crippen molar-refractivity contribution in [3.05, 3.63) is 41.8 Å². The zero-order valence-electron chi connectivity index (χ0n) is 10.7. The molecule has 6 heteroatoms. The summed E-state index contributed by atoms with van der Waals surface area (Å²) in [6.45, 7) is 0. The minimum absolute atomic E-state index is 0.179. The molecule has 0 spiro atoms. The fourth-order valence-corrected chi connectivity index (χ4v) is 3.03. The van der Waals surface area contributed by atoms with Crippen LogP contribution in [0.2, 0.25) is 0 Å². The van der Waals surface area contributed by atoms with Crippen molar-refractivity contribution < 1.29 is 13.7 Å². The van der Waals surface area contributed by atoms with Crippen LogP contribution in [0.4, 0.5) is 4.39 Å². The topological polar surface area (TPSA) is 56.0 Å². The van der Waals surface area contributed by atoms with Crippen LogP contribution in [-0.4, -0.2) is 15.9 Å². The van der Waals surface area contributed by atoms with Crippen molar-refractivity contribution in [2.75, 3.05) is 0 Å². The number of ketones is 1. The maximum absolute atomic E-state index is 13.0. The minimum atomic E-state index is -0.264. The average Bonchev–Trinajstić information content (AvgIpc) is 3.05. The van der Waals surface area contributed by atoms with Gasteiger partial charge in [0, 0.05) is 11.3 Å². The Kier molecular flexibility index (Phi) is 3.82. The van der Waals surface area contributed by atoms with Crippen molar-refractivity contribution >= 4 is 17.5 Å². The third kappa shape index (κ3) is 2.90. The van der Waals surface area contributed by atoms with Crippen molar-refractivity contribution in [2.24, 2.45) is 0 Å². The molecule has 1 aliphatic rings. The lowest BCUT2D eigenvalue weighted by molar-refractivity contribution is -0.119. The van der Waals surface area contributed by atoms with Crippen LogP contribution in [0.15, 0.2) is 33.7 Å². The maximum Gasteiger partial charge on any atom is 0.237 e. The molecule has 1 saturated carbocycles. The summed E-state index contributed by atoms with van der Waals surface area (Å²) in [5, 5.41) is 3.88. The van der Waals surface area contributed by atoms with E-state index in [1.807, 2.05) is 6.07 Å². The van der Waals surface area contributed by atoms with Gasteiger partial charge in [-0.3, -0.25) is 4.79 Å². The Bertz CT molecular complexity index is 629. The van der Waals surface area contributed by atoms with Gasteiger partial charge in [0.25, 0.3) is 0 Å². The molecule has 1 unspecified atom stereocenters. The Balaban J connectivity index is 1.64. The van der Waals surface area contributed by atoms with E-state index >= 15 is 0 Å². The normalized spacial score (nSPS) is 18.6. The number of hydrogen-bond donors (Lipinski definition) is 0. The molecule has 1 atom stereocenters. The third-order valence-corrected chi connectivity index (χ3v) is 4.24. The Morgan fingerprint density at radius 2 is 2.35 bits per heavy atom. The van der Waals surface area contributed by atoms with Crippen LogP contribution in [-0.2, 0) is 10.5 Å². The highest BCUT2D eigenvalue weighted by Gasteiger charge is 2.30. The number of rotatable bonds is 4. The largest absolute Gasteiger partial charge is 0.339 e. The number of hydrogen-bond acceptors (Lipinski definition) is 5. The summed E-state index contributed by atoms with van der Waals surface area (Å²) in [7, 11) is 0. The van der Waals surface area contributed by atoms with E-state index in [0.29, 0.717) is 23.9 Å². The number of carbonyl (C=O) groups excluding carboxylic acids is 1. The van der Waals surface area contributed by atoms with Crippen LogP contribution in [0.5, 0.6) is 0 Å². The number of Topliss-reactive ketones (excluding diaryl/α,β-unsaturated/α-hetero) is 1. The molecule has 0 saturated heterocycles. The van der Waals surface area contributed by atoms with Crippen molar-refractivity contribution in [2.45, 2.75) is 35.8 Å². The van der Waals surface area contributed by atoms with E-state index in [-0.39, 0.29) is 17.5 Å². The van der Waals surface area contributed by atoms with Crippen molar-refractivity contribution in [1.82, 2.24) is 10.1 Å². The highest BCUT2D eigenvalue weighted by molar-refractivity contribution is 7.98. The minimum Gasteiger partial charge on any atom is -0.339 e. The monoisotopic (exact) mass is 292 g/mol. The molecule has 0 aliphatic heterocycles. The molecule has 0 amide bonds. The van der Waals surface area contributed by atoms with E-state index in [4.69, 9.17) is 4.52 Å². The zero-order chi connectivity index (χ0) is 13.9. The SMILES string of the molecule is O=C1CCCC1c1nc(CSc2cccc(F)c2)no1. The van der Waals surface area contributed by atoms with E-state index in [9.17, 15) is 9.18 Å². The van der Waals surface area contributed by atoms with Gasteiger partial charge in [-0.1, -0.05) is 11.2 Å². The van der Waals surface area contributed by atoms with Gasteiger partial charge in [-0.25, -0.2) is 4.39 Å². The third-order valence-electron chi connectivity index (χ3n) is 3.25. The van der Waals surface area contributed by atoms with E-state index in [1.165, 1.54) is 23.9 Å². The van der Waals surface area contributed by atoms with Gasteiger partial charge >= 0.3 is 0 Å². The highest BCUT2D eigenvalue weighted by atomic mass is 32.2. The summed E-state index contributed by atoms with van der Waals surface area (Å²) in [5.74, 6) is 1.14. The van der Waals surface area contributed by atoms with E-state index in [2.05, 4.69) is 10.1 Å². The van der Waals surface area contributed by atoms with Crippen molar-refractivity contribution in [3.8, 4) is 0 Å². The second-order valence-electron chi connectivity index (χ2n) is 4.71. The lowest BCUT2D eigenvalue weighted by Crippen LogP contribution is -2.04. The molecule has 104 valence electrons. The molecule has 3 rings (SSSR count). The summed E-state index contributed by atoms with van der Waals surface area (Å²) in [6, 6.07) is 6.36. The number of aromatic nitrogens is 2. The summed E-state index contributed by atoms with van der Waals surface area (Å²) < 4.78 is 18.2. The van der Waals surface area contributed by atoms with Crippen LogP contribution in [0.1, 0.15) is 36.9 Å². The molecule has 1 aliphatic carbocycles. The van der Waals surface area contributed by atoms with Gasteiger partial charge in [-0.2, -0.15) is 4.98 Å². The zero-order valence-corrected chi connectivity index (χ0v) is 11.5. The van der Waals surface area contributed by atoms with Gasteiger partial charge in [0.05, 0.1) is 11.7 Å². The molecular formula is C14H13FN2O2S. The van der Waals surface area contributed by atoms with Crippen LogP contribution in [0.3, 0.4) is 0 Å². The Hall–Kier alpha value is -1.69. The Morgan fingerprint density at radius 3 is 3.10 bits per heavy atom. The second-order valence-corrected chi connectivity index (χ2v) is 5.75. The van der Waals surface area contributed by atoms with Crippen LogP contribution < -0.4 is 0 Å². The standard InChI is InChI=1S/C14H13FN2O2S/c15-9-3-1-4-10(7-9)20-8-13-16-14(19-17-13)11-5-2-6-12(11)18/h1,3-4,7,11H,2,5-6,8H2. The van der Waals surface area contributed by atoms with Gasteiger partial charge < -0.3 is 4.52 Å². The van der Waals surface area contributed by atoms with Crippen LogP contribution >= 0.6 is 11.8 Å². The number of carbonyl (C=O) groups is 1.